The van der Waals surface area contributed by atoms with Crippen LogP contribution in [0.2, 0.25) is 0 Å². The number of aromatic nitrogens is 1. The van der Waals surface area contributed by atoms with Gasteiger partial charge in [0, 0.05) is 23.4 Å². The molecule has 0 atom stereocenters. The third-order valence-electron chi connectivity index (χ3n) is 5.09. The van der Waals surface area contributed by atoms with Gasteiger partial charge in [-0.3, -0.25) is 9.59 Å². The summed E-state index contributed by atoms with van der Waals surface area (Å²) in [4.78, 5) is 29.1. The van der Waals surface area contributed by atoms with E-state index in [1.165, 1.54) is 6.08 Å². The zero-order chi connectivity index (χ0) is 21.6. The first-order valence-electron chi connectivity index (χ1n) is 10.0. The first-order valence-corrected chi connectivity index (χ1v) is 10.0. The molecule has 0 radical (unpaired) electrons. The number of ketones is 1. The fourth-order valence-corrected chi connectivity index (χ4v) is 3.57. The first-order chi connectivity index (χ1) is 15.1. The third kappa shape index (κ3) is 4.95. The van der Waals surface area contributed by atoms with Gasteiger partial charge in [0.25, 0.3) is 0 Å². The standard InChI is InChI=1S/C26H22N2O3/c1-31-22-16-18(9-12-25(29)28-24-8-4-5-13-27-24)14-19(17-22)15-21-11-10-20-6-2-3-7-23(20)26(21)30/h2-9,12-17H,10-11H2,1H3,(H,27,28,29)/b12-9+,21-15+. The van der Waals surface area contributed by atoms with E-state index < -0.39 is 0 Å². The summed E-state index contributed by atoms with van der Waals surface area (Å²) in [7, 11) is 1.59. The largest absolute Gasteiger partial charge is 0.497 e. The number of nitrogens with zero attached hydrogens (tertiary/aromatic N) is 1. The maximum atomic E-state index is 12.9. The summed E-state index contributed by atoms with van der Waals surface area (Å²) in [6, 6.07) is 18.7. The average Bonchev–Trinajstić information content (AvgIpc) is 2.80. The van der Waals surface area contributed by atoms with Gasteiger partial charge in [-0.15, -0.1) is 0 Å². The molecule has 2 aromatic carbocycles. The van der Waals surface area contributed by atoms with Crippen molar-refractivity contribution in [1.82, 2.24) is 4.98 Å². The van der Waals surface area contributed by atoms with Crippen LogP contribution in [0.15, 0.2) is 78.5 Å². The van der Waals surface area contributed by atoms with E-state index in [2.05, 4.69) is 10.3 Å². The molecule has 1 aliphatic carbocycles. The summed E-state index contributed by atoms with van der Waals surface area (Å²) in [5.74, 6) is 0.934. The van der Waals surface area contributed by atoms with Gasteiger partial charge in [-0.2, -0.15) is 0 Å². The molecule has 5 heteroatoms. The molecule has 0 saturated carbocycles. The molecule has 4 rings (SSSR count). The predicted octanol–water partition coefficient (Wildman–Crippen LogP) is 4.95. The number of hydrogen-bond acceptors (Lipinski definition) is 4. The molecule has 0 aliphatic heterocycles. The number of aryl methyl sites for hydroxylation is 1. The monoisotopic (exact) mass is 410 g/mol. The molecular weight excluding hydrogens is 388 g/mol. The number of nitrogens with one attached hydrogen (secondary N) is 1. The number of carbonyl (C=O) groups is 2. The van der Waals surface area contributed by atoms with E-state index >= 15 is 0 Å². The van der Waals surface area contributed by atoms with Crippen LogP contribution in [0.5, 0.6) is 5.75 Å². The number of hydrogen-bond donors (Lipinski definition) is 1. The van der Waals surface area contributed by atoms with E-state index in [1.54, 1.807) is 37.6 Å². The van der Waals surface area contributed by atoms with Crippen LogP contribution in [0.25, 0.3) is 12.2 Å². The van der Waals surface area contributed by atoms with Crippen LogP contribution in [-0.2, 0) is 11.2 Å². The van der Waals surface area contributed by atoms with Gasteiger partial charge in [0.1, 0.15) is 11.6 Å². The lowest BCUT2D eigenvalue weighted by Gasteiger charge is -2.17. The molecule has 1 aliphatic rings. The second kappa shape index (κ2) is 9.22. The summed E-state index contributed by atoms with van der Waals surface area (Å²) >= 11 is 0. The zero-order valence-electron chi connectivity index (χ0n) is 17.2. The van der Waals surface area contributed by atoms with Crippen molar-refractivity contribution in [2.75, 3.05) is 12.4 Å². The Kier molecular flexibility index (Phi) is 6.03. The van der Waals surface area contributed by atoms with Crippen molar-refractivity contribution in [3.05, 3.63) is 101 Å². The summed E-state index contributed by atoms with van der Waals surface area (Å²) in [6.07, 6.45) is 8.23. The minimum atomic E-state index is -0.277. The van der Waals surface area contributed by atoms with E-state index in [0.29, 0.717) is 18.0 Å². The number of fused-ring (bicyclic) bond motifs is 1. The van der Waals surface area contributed by atoms with E-state index in [-0.39, 0.29) is 11.7 Å². The number of Topliss-reactive ketones (excluding diaryl/α,β-unsaturated/α-hetero) is 1. The smallest absolute Gasteiger partial charge is 0.249 e. The van der Waals surface area contributed by atoms with Crippen LogP contribution >= 0.6 is 0 Å². The van der Waals surface area contributed by atoms with Gasteiger partial charge < -0.3 is 10.1 Å². The maximum absolute atomic E-state index is 12.9. The number of amides is 1. The molecule has 1 heterocycles. The Balaban J connectivity index is 1.56. The van der Waals surface area contributed by atoms with Gasteiger partial charge in [0.05, 0.1) is 7.11 Å². The van der Waals surface area contributed by atoms with E-state index in [0.717, 1.165) is 34.2 Å². The van der Waals surface area contributed by atoms with Crippen molar-refractivity contribution in [1.29, 1.82) is 0 Å². The number of rotatable bonds is 5. The van der Waals surface area contributed by atoms with E-state index in [9.17, 15) is 9.59 Å². The van der Waals surface area contributed by atoms with Gasteiger partial charge >= 0.3 is 0 Å². The normalized spacial score (nSPS) is 14.5. The third-order valence-corrected chi connectivity index (χ3v) is 5.09. The summed E-state index contributed by atoms with van der Waals surface area (Å²) in [5.41, 5.74) is 4.29. The second-order valence-corrected chi connectivity index (χ2v) is 7.23. The Hall–Kier alpha value is -3.99. The highest BCUT2D eigenvalue weighted by Crippen LogP contribution is 2.28. The molecular formula is C26H22N2O3. The van der Waals surface area contributed by atoms with Crippen molar-refractivity contribution in [3.63, 3.8) is 0 Å². The summed E-state index contributed by atoms with van der Waals surface area (Å²) < 4.78 is 5.41. The van der Waals surface area contributed by atoms with Crippen LogP contribution in [0, 0.1) is 0 Å². The quantitative estimate of drug-likeness (QED) is 0.604. The minimum absolute atomic E-state index is 0.0662. The lowest BCUT2D eigenvalue weighted by atomic mass is 9.86. The topological polar surface area (TPSA) is 68.3 Å². The molecule has 1 amide bonds. The molecule has 154 valence electrons. The zero-order valence-corrected chi connectivity index (χ0v) is 17.2. The van der Waals surface area contributed by atoms with Crippen LogP contribution in [0.3, 0.4) is 0 Å². The maximum Gasteiger partial charge on any atom is 0.249 e. The highest BCUT2D eigenvalue weighted by molar-refractivity contribution is 6.13. The fraction of sp³-hybridized carbons (Fsp3) is 0.115. The SMILES string of the molecule is COc1cc(/C=C/C(=O)Nc2ccccn2)cc(/C=C2\CCc3ccccc3C2=O)c1. The van der Waals surface area contributed by atoms with Crippen molar-refractivity contribution >= 4 is 29.7 Å². The Morgan fingerprint density at radius 1 is 1.03 bits per heavy atom. The molecule has 0 spiro atoms. The second-order valence-electron chi connectivity index (χ2n) is 7.23. The Morgan fingerprint density at radius 3 is 2.65 bits per heavy atom. The summed E-state index contributed by atoms with van der Waals surface area (Å²) in [5, 5.41) is 2.71. The van der Waals surface area contributed by atoms with E-state index in [1.807, 2.05) is 48.5 Å². The molecule has 0 bridgehead atoms. The molecule has 1 aromatic heterocycles. The fourth-order valence-electron chi connectivity index (χ4n) is 3.57. The van der Waals surface area contributed by atoms with Gasteiger partial charge in [-0.25, -0.2) is 4.98 Å². The average molecular weight is 410 g/mol. The molecule has 31 heavy (non-hydrogen) atoms. The number of pyridine rings is 1. The van der Waals surface area contributed by atoms with Crippen LogP contribution < -0.4 is 10.1 Å². The van der Waals surface area contributed by atoms with Gasteiger partial charge in [-0.05, 0) is 72.0 Å². The number of benzene rings is 2. The van der Waals surface area contributed by atoms with Crippen molar-refractivity contribution < 1.29 is 14.3 Å². The van der Waals surface area contributed by atoms with Gasteiger partial charge in [0.2, 0.25) is 5.91 Å². The molecule has 5 nitrogen and oxygen atoms in total. The Morgan fingerprint density at radius 2 is 1.84 bits per heavy atom. The van der Waals surface area contributed by atoms with Crippen molar-refractivity contribution in [3.8, 4) is 5.75 Å². The lowest BCUT2D eigenvalue weighted by molar-refractivity contribution is -0.111. The molecule has 1 N–H and O–H groups in total. The number of ether oxygens (including phenoxy) is 1. The highest BCUT2D eigenvalue weighted by atomic mass is 16.5. The number of allylic oxidation sites excluding steroid dienone is 1. The number of methoxy groups -OCH3 is 1. The van der Waals surface area contributed by atoms with Gasteiger partial charge in [0.15, 0.2) is 5.78 Å². The van der Waals surface area contributed by atoms with Crippen LogP contribution in [0.4, 0.5) is 5.82 Å². The number of anilines is 1. The Labute approximate surface area is 181 Å². The Bertz CT molecular complexity index is 1180. The van der Waals surface area contributed by atoms with Gasteiger partial charge in [-0.1, -0.05) is 30.3 Å². The molecule has 0 fully saturated rings. The first kappa shape index (κ1) is 20.3. The summed E-state index contributed by atoms with van der Waals surface area (Å²) in [6.45, 7) is 0. The minimum Gasteiger partial charge on any atom is -0.497 e. The molecule has 0 unspecified atom stereocenters. The molecule has 3 aromatic rings. The van der Waals surface area contributed by atoms with Crippen LogP contribution in [-0.4, -0.2) is 23.8 Å². The van der Waals surface area contributed by atoms with E-state index in [4.69, 9.17) is 4.74 Å². The number of carbonyl (C=O) groups excluding carboxylic acids is 2. The molecule has 0 saturated heterocycles. The van der Waals surface area contributed by atoms with Crippen molar-refractivity contribution in [2.24, 2.45) is 0 Å². The van der Waals surface area contributed by atoms with Crippen LogP contribution in [0.1, 0.15) is 33.5 Å². The lowest BCUT2D eigenvalue weighted by Crippen LogP contribution is -2.13. The van der Waals surface area contributed by atoms with Crippen molar-refractivity contribution in [2.45, 2.75) is 12.8 Å². The predicted molar refractivity (Wildman–Crippen MR) is 122 cm³/mol. The highest BCUT2D eigenvalue weighted by Gasteiger charge is 2.21.